The van der Waals surface area contributed by atoms with Crippen molar-refractivity contribution < 1.29 is 4.79 Å². The summed E-state index contributed by atoms with van der Waals surface area (Å²) in [5, 5.41) is 4.93. The van der Waals surface area contributed by atoms with Gasteiger partial charge in [0.25, 0.3) is 0 Å². The molecule has 0 aliphatic rings. The van der Waals surface area contributed by atoms with Gasteiger partial charge in [-0.05, 0) is 29.8 Å². The van der Waals surface area contributed by atoms with Gasteiger partial charge in [-0.25, -0.2) is 4.98 Å². The molecule has 0 N–H and O–H groups in total. The number of aryl methyl sites for hydroxylation is 3. The maximum Gasteiger partial charge on any atom is 0.223 e. The third kappa shape index (κ3) is 1.82. The van der Waals surface area contributed by atoms with Gasteiger partial charge in [-0.2, -0.15) is 5.10 Å². The van der Waals surface area contributed by atoms with Crippen molar-refractivity contribution in [1.29, 1.82) is 0 Å². The second kappa shape index (κ2) is 4.10. The van der Waals surface area contributed by atoms with Crippen molar-refractivity contribution in [2.75, 3.05) is 0 Å². The Labute approximate surface area is 105 Å². The third-order valence-corrected chi connectivity index (χ3v) is 3.87. The monoisotopic (exact) mass is 299 g/mol. The minimum absolute atomic E-state index is 0.0324. The molecule has 0 saturated heterocycles. The molecule has 2 rings (SSSR count). The van der Waals surface area contributed by atoms with Crippen LogP contribution in [-0.2, 0) is 7.05 Å². The van der Waals surface area contributed by atoms with E-state index in [1.807, 2.05) is 13.8 Å². The minimum atomic E-state index is -0.0324. The van der Waals surface area contributed by atoms with E-state index in [0.29, 0.717) is 15.0 Å². The lowest BCUT2D eigenvalue weighted by molar-refractivity contribution is 0.103. The normalized spacial score (nSPS) is 10.8. The van der Waals surface area contributed by atoms with E-state index >= 15 is 0 Å². The zero-order chi connectivity index (χ0) is 11.9. The molecular formula is C10H10BrN3OS. The summed E-state index contributed by atoms with van der Waals surface area (Å²) in [5.41, 5.74) is 1.34. The molecule has 16 heavy (non-hydrogen) atoms. The molecule has 84 valence electrons. The van der Waals surface area contributed by atoms with Crippen molar-refractivity contribution in [3.8, 4) is 0 Å². The van der Waals surface area contributed by atoms with Gasteiger partial charge in [-0.3, -0.25) is 9.48 Å². The van der Waals surface area contributed by atoms with Crippen LogP contribution in [0.25, 0.3) is 0 Å². The van der Waals surface area contributed by atoms with Crippen LogP contribution >= 0.6 is 27.3 Å². The standard InChI is InChI=1S/C10H10BrN3OS/c1-5-10(16-6(2)13-5)9(15)8-7(11)4-12-14(8)3/h4H,1-3H3. The van der Waals surface area contributed by atoms with Crippen LogP contribution < -0.4 is 0 Å². The summed E-state index contributed by atoms with van der Waals surface area (Å²) in [5.74, 6) is -0.0324. The topological polar surface area (TPSA) is 47.8 Å². The molecule has 0 spiro atoms. The maximum absolute atomic E-state index is 12.3. The van der Waals surface area contributed by atoms with E-state index < -0.39 is 0 Å². The second-order valence-electron chi connectivity index (χ2n) is 3.44. The third-order valence-electron chi connectivity index (χ3n) is 2.22. The first-order chi connectivity index (χ1) is 7.50. The summed E-state index contributed by atoms with van der Waals surface area (Å²) in [6, 6.07) is 0. The summed E-state index contributed by atoms with van der Waals surface area (Å²) in [4.78, 5) is 17.2. The Hall–Kier alpha value is -1.01. The molecule has 0 amide bonds. The largest absolute Gasteiger partial charge is 0.286 e. The Morgan fingerprint density at radius 2 is 2.19 bits per heavy atom. The van der Waals surface area contributed by atoms with Crippen LogP contribution in [0, 0.1) is 13.8 Å². The molecule has 2 aromatic heterocycles. The van der Waals surface area contributed by atoms with E-state index in [0.717, 1.165) is 10.7 Å². The maximum atomic E-state index is 12.3. The lowest BCUT2D eigenvalue weighted by Gasteiger charge is -2.00. The van der Waals surface area contributed by atoms with Gasteiger partial charge >= 0.3 is 0 Å². The van der Waals surface area contributed by atoms with Gasteiger partial charge in [0.2, 0.25) is 5.78 Å². The molecule has 0 aliphatic carbocycles. The molecule has 0 fully saturated rings. The molecular weight excluding hydrogens is 290 g/mol. The van der Waals surface area contributed by atoms with Crippen LogP contribution in [0.1, 0.15) is 26.1 Å². The van der Waals surface area contributed by atoms with E-state index in [9.17, 15) is 4.79 Å². The van der Waals surface area contributed by atoms with Crippen molar-refractivity contribution in [2.45, 2.75) is 13.8 Å². The van der Waals surface area contributed by atoms with Gasteiger partial charge < -0.3 is 0 Å². The molecule has 4 nitrogen and oxygen atoms in total. The zero-order valence-electron chi connectivity index (χ0n) is 9.11. The predicted molar refractivity (Wildman–Crippen MR) is 65.9 cm³/mol. The van der Waals surface area contributed by atoms with Crippen LogP contribution in [0.2, 0.25) is 0 Å². The van der Waals surface area contributed by atoms with Crippen molar-refractivity contribution in [1.82, 2.24) is 14.8 Å². The lowest BCUT2D eigenvalue weighted by Crippen LogP contribution is -2.08. The number of aromatic nitrogens is 3. The van der Waals surface area contributed by atoms with Crippen LogP contribution in [-0.4, -0.2) is 20.5 Å². The van der Waals surface area contributed by atoms with Gasteiger partial charge in [-0.15, -0.1) is 11.3 Å². The van der Waals surface area contributed by atoms with Crippen molar-refractivity contribution >= 4 is 33.0 Å². The number of carbonyl (C=O) groups excluding carboxylic acids is 1. The smallest absolute Gasteiger partial charge is 0.223 e. The number of halogens is 1. The number of nitrogens with zero attached hydrogens (tertiary/aromatic N) is 3. The number of hydrogen-bond donors (Lipinski definition) is 0. The first kappa shape index (κ1) is 11.5. The molecule has 2 aromatic rings. The molecule has 2 heterocycles. The Morgan fingerprint density at radius 1 is 1.50 bits per heavy atom. The summed E-state index contributed by atoms with van der Waals surface area (Å²) in [7, 11) is 1.75. The van der Waals surface area contributed by atoms with Crippen LogP contribution in [0.4, 0.5) is 0 Å². The van der Waals surface area contributed by atoms with Crippen molar-refractivity contribution in [3.05, 3.63) is 31.9 Å². The first-order valence-electron chi connectivity index (χ1n) is 4.67. The highest BCUT2D eigenvalue weighted by molar-refractivity contribution is 9.10. The summed E-state index contributed by atoms with van der Waals surface area (Å²) >= 11 is 4.74. The Kier molecular flexibility index (Phi) is 2.94. The van der Waals surface area contributed by atoms with E-state index in [-0.39, 0.29) is 5.78 Å². The van der Waals surface area contributed by atoms with E-state index in [1.54, 1.807) is 17.9 Å². The summed E-state index contributed by atoms with van der Waals surface area (Å²) in [6.45, 7) is 3.74. The van der Waals surface area contributed by atoms with Crippen molar-refractivity contribution in [3.63, 3.8) is 0 Å². The van der Waals surface area contributed by atoms with Crippen molar-refractivity contribution in [2.24, 2.45) is 7.05 Å². The van der Waals surface area contributed by atoms with E-state index in [2.05, 4.69) is 26.0 Å². The fraction of sp³-hybridized carbons (Fsp3) is 0.300. The Bertz CT molecular complexity index is 539. The summed E-state index contributed by atoms with van der Waals surface area (Å²) < 4.78 is 2.28. The number of thiazole rings is 1. The zero-order valence-corrected chi connectivity index (χ0v) is 11.5. The number of carbonyl (C=O) groups is 1. The Morgan fingerprint density at radius 3 is 2.62 bits per heavy atom. The van der Waals surface area contributed by atoms with Gasteiger partial charge in [0.1, 0.15) is 5.69 Å². The summed E-state index contributed by atoms with van der Waals surface area (Å²) in [6.07, 6.45) is 1.62. The lowest BCUT2D eigenvalue weighted by atomic mass is 10.2. The van der Waals surface area contributed by atoms with Crippen LogP contribution in [0.15, 0.2) is 10.7 Å². The highest BCUT2D eigenvalue weighted by Gasteiger charge is 2.21. The van der Waals surface area contributed by atoms with E-state index in [4.69, 9.17) is 0 Å². The number of hydrogen-bond acceptors (Lipinski definition) is 4. The van der Waals surface area contributed by atoms with Crippen LogP contribution in [0.3, 0.4) is 0 Å². The molecule has 6 heteroatoms. The molecule has 0 aromatic carbocycles. The highest BCUT2D eigenvalue weighted by Crippen LogP contribution is 2.24. The van der Waals surface area contributed by atoms with Gasteiger partial charge in [0.05, 0.1) is 26.2 Å². The average Bonchev–Trinajstić information content (AvgIpc) is 2.70. The SMILES string of the molecule is Cc1nc(C)c(C(=O)c2c(Br)cnn2C)s1. The van der Waals surface area contributed by atoms with Gasteiger partial charge in [-0.1, -0.05) is 0 Å². The molecule has 0 saturated carbocycles. The fourth-order valence-corrected chi connectivity index (χ4v) is 2.90. The molecule has 0 radical (unpaired) electrons. The average molecular weight is 300 g/mol. The molecule has 0 atom stereocenters. The molecule has 0 unspecified atom stereocenters. The first-order valence-corrected chi connectivity index (χ1v) is 6.28. The van der Waals surface area contributed by atoms with E-state index in [1.165, 1.54) is 11.3 Å². The quantitative estimate of drug-likeness (QED) is 0.801. The molecule has 0 bridgehead atoms. The fourth-order valence-electron chi connectivity index (χ4n) is 1.52. The Balaban J connectivity index is 2.51. The minimum Gasteiger partial charge on any atom is -0.286 e. The van der Waals surface area contributed by atoms with Gasteiger partial charge in [0.15, 0.2) is 0 Å². The van der Waals surface area contributed by atoms with Gasteiger partial charge in [0, 0.05) is 7.05 Å². The number of ketones is 1. The predicted octanol–water partition coefficient (Wildman–Crippen LogP) is 2.49. The number of rotatable bonds is 2. The molecule has 0 aliphatic heterocycles. The second-order valence-corrected chi connectivity index (χ2v) is 5.50. The van der Waals surface area contributed by atoms with Crippen LogP contribution in [0.5, 0.6) is 0 Å². The highest BCUT2D eigenvalue weighted by atomic mass is 79.9.